The molecular weight excluding hydrogens is 260 g/mol. The van der Waals surface area contributed by atoms with E-state index in [1.807, 2.05) is 0 Å². The van der Waals surface area contributed by atoms with Crippen LogP contribution in [0.15, 0.2) is 12.1 Å². The van der Waals surface area contributed by atoms with Gasteiger partial charge in [-0.05, 0) is 31.4 Å². The molecule has 20 heavy (non-hydrogen) atoms. The molecule has 6 nitrogen and oxygen atoms in total. The second-order valence-corrected chi connectivity index (χ2v) is 4.76. The zero-order valence-electron chi connectivity index (χ0n) is 12.0. The molecular formula is C14H20N2O4. The fourth-order valence-corrected chi connectivity index (χ4v) is 2.44. The zero-order chi connectivity index (χ0) is 14.5. The van der Waals surface area contributed by atoms with Gasteiger partial charge in [0.05, 0.1) is 20.3 Å². The van der Waals surface area contributed by atoms with Gasteiger partial charge in [0.1, 0.15) is 11.4 Å². The van der Waals surface area contributed by atoms with Gasteiger partial charge in [0.15, 0.2) is 0 Å². The molecule has 6 heteroatoms. The number of carbonyl (C=O) groups is 1. The number of carbonyl (C=O) groups excluding carboxylic acids is 1. The van der Waals surface area contributed by atoms with Gasteiger partial charge in [0, 0.05) is 13.2 Å². The van der Waals surface area contributed by atoms with Crippen molar-refractivity contribution in [1.82, 2.24) is 4.98 Å². The molecule has 0 aromatic carbocycles. The standard InChI is InChI=1S/C14H20N2O4/c1-18-10-5-4-9(8-10)15-12-7-6-11(14(17)20-3)13(16-12)19-2/h6-7,9-10H,4-5,8H2,1-3H3,(H,15,16). The molecule has 110 valence electrons. The van der Waals surface area contributed by atoms with Crippen molar-refractivity contribution in [2.75, 3.05) is 26.6 Å². The van der Waals surface area contributed by atoms with Crippen molar-refractivity contribution in [2.24, 2.45) is 0 Å². The summed E-state index contributed by atoms with van der Waals surface area (Å²) < 4.78 is 15.2. The summed E-state index contributed by atoms with van der Waals surface area (Å²) in [7, 11) is 4.55. The van der Waals surface area contributed by atoms with Crippen LogP contribution in [0.2, 0.25) is 0 Å². The Balaban J connectivity index is 2.08. The predicted molar refractivity (Wildman–Crippen MR) is 74.2 cm³/mol. The molecule has 1 fully saturated rings. The molecule has 0 amide bonds. The quantitative estimate of drug-likeness (QED) is 0.830. The minimum atomic E-state index is -0.457. The van der Waals surface area contributed by atoms with Gasteiger partial charge < -0.3 is 19.5 Å². The van der Waals surface area contributed by atoms with E-state index in [-0.39, 0.29) is 5.88 Å². The molecule has 2 unspecified atom stereocenters. The number of rotatable bonds is 5. The molecule has 1 N–H and O–H groups in total. The first-order valence-electron chi connectivity index (χ1n) is 6.60. The van der Waals surface area contributed by atoms with E-state index in [1.54, 1.807) is 19.2 Å². The number of hydrogen-bond donors (Lipinski definition) is 1. The summed E-state index contributed by atoms with van der Waals surface area (Å²) >= 11 is 0. The van der Waals surface area contributed by atoms with E-state index >= 15 is 0 Å². The summed E-state index contributed by atoms with van der Waals surface area (Å²) in [5.41, 5.74) is 0.321. The van der Waals surface area contributed by atoms with Crippen molar-refractivity contribution < 1.29 is 19.0 Å². The number of esters is 1. The molecule has 1 aliphatic carbocycles. The van der Waals surface area contributed by atoms with Crippen molar-refractivity contribution in [3.8, 4) is 5.88 Å². The maximum atomic E-state index is 11.6. The second kappa shape index (κ2) is 6.56. The van der Waals surface area contributed by atoms with E-state index in [0.29, 0.717) is 23.5 Å². The van der Waals surface area contributed by atoms with Crippen molar-refractivity contribution in [3.05, 3.63) is 17.7 Å². The molecule has 1 heterocycles. The molecule has 1 aliphatic rings. The highest BCUT2D eigenvalue weighted by Gasteiger charge is 2.25. The molecule has 2 rings (SSSR count). The van der Waals surface area contributed by atoms with Crippen LogP contribution in [0.1, 0.15) is 29.6 Å². The van der Waals surface area contributed by atoms with Gasteiger partial charge >= 0.3 is 5.97 Å². The van der Waals surface area contributed by atoms with Crippen LogP contribution >= 0.6 is 0 Å². The lowest BCUT2D eigenvalue weighted by molar-refractivity contribution is 0.0596. The first-order valence-corrected chi connectivity index (χ1v) is 6.60. The third-order valence-corrected chi connectivity index (χ3v) is 3.53. The van der Waals surface area contributed by atoms with Crippen molar-refractivity contribution >= 4 is 11.8 Å². The molecule has 2 atom stereocenters. The minimum absolute atomic E-state index is 0.267. The summed E-state index contributed by atoms with van der Waals surface area (Å²) in [4.78, 5) is 15.9. The zero-order valence-corrected chi connectivity index (χ0v) is 12.0. The number of pyridine rings is 1. The maximum absolute atomic E-state index is 11.6. The monoisotopic (exact) mass is 280 g/mol. The number of nitrogens with one attached hydrogen (secondary N) is 1. The number of anilines is 1. The Kier molecular flexibility index (Phi) is 4.79. The molecule has 0 saturated heterocycles. The van der Waals surface area contributed by atoms with Crippen LogP contribution in [0.5, 0.6) is 5.88 Å². The minimum Gasteiger partial charge on any atom is -0.480 e. The lowest BCUT2D eigenvalue weighted by Crippen LogP contribution is -2.18. The number of hydrogen-bond acceptors (Lipinski definition) is 6. The lowest BCUT2D eigenvalue weighted by Gasteiger charge is -2.15. The Morgan fingerprint density at radius 3 is 2.70 bits per heavy atom. The summed E-state index contributed by atoms with van der Waals surface area (Å²) in [5, 5.41) is 3.34. The molecule has 0 radical (unpaired) electrons. The molecule has 1 saturated carbocycles. The van der Waals surface area contributed by atoms with Gasteiger partial charge in [0.2, 0.25) is 5.88 Å². The molecule has 0 aliphatic heterocycles. The van der Waals surface area contributed by atoms with E-state index in [2.05, 4.69) is 15.0 Å². The fraction of sp³-hybridized carbons (Fsp3) is 0.571. The average molecular weight is 280 g/mol. The Morgan fingerprint density at radius 2 is 2.10 bits per heavy atom. The Hall–Kier alpha value is -1.82. The Morgan fingerprint density at radius 1 is 1.30 bits per heavy atom. The van der Waals surface area contributed by atoms with Gasteiger partial charge in [-0.15, -0.1) is 0 Å². The summed E-state index contributed by atoms with van der Waals surface area (Å²) in [6.45, 7) is 0. The van der Waals surface area contributed by atoms with Gasteiger partial charge in [0.25, 0.3) is 0 Å². The van der Waals surface area contributed by atoms with Crippen molar-refractivity contribution in [1.29, 1.82) is 0 Å². The van der Waals surface area contributed by atoms with E-state index in [9.17, 15) is 4.79 Å². The summed E-state index contributed by atoms with van der Waals surface area (Å²) in [6.07, 6.45) is 3.36. The Labute approximate surface area is 118 Å². The number of nitrogens with zero attached hydrogens (tertiary/aromatic N) is 1. The average Bonchev–Trinajstić information content (AvgIpc) is 2.94. The molecule has 0 spiro atoms. The maximum Gasteiger partial charge on any atom is 0.343 e. The third-order valence-electron chi connectivity index (χ3n) is 3.53. The van der Waals surface area contributed by atoms with Crippen LogP contribution < -0.4 is 10.1 Å². The van der Waals surface area contributed by atoms with Crippen LogP contribution in [-0.2, 0) is 9.47 Å². The number of ether oxygens (including phenoxy) is 3. The van der Waals surface area contributed by atoms with Gasteiger partial charge in [-0.2, -0.15) is 4.98 Å². The van der Waals surface area contributed by atoms with Crippen LogP contribution in [-0.4, -0.2) is 44.4 Å². The lowest BCUT2D eigenvalue weighted by atomic mass is 10.2. The van der Waals surface area contributed by atoms with Crippen LogP contribution in [0, 0.1) is 0 Å². The highest BCUT2D eigenvalue weighted by Crippen LogP contribution is 2.26. The normalized spacial score (nSPS) is 21.6. The first kappa shape index (κ1) is 14.6. The predicted octanol–water partition coefficient (Wildman–Crippen LogP) is 1.86. The molecule has 1 aromatic rings. The number of methoxy groups -OCH3 is 3. The number of aromatic nitrogens is 1. The largest absolute Gasteiger partial charge is 0.480 e. The van der Waals surface area contributed by atoms with E-state index in [1.165, 1.54) is 14.2 Å². The SMILES string of the molecule is COC(=O)c1ccc(NC2CCC(OC)C2)nc1OC. The summed E-state index contributed by atoms with van der Waals surface area (Å²) in [6, 6.07) is 3.75. The fourth-order valence-electron chi connectivity index (χ4n) is 2.44. The first-order chi connectivity index (χ1) is 9.67. The van der Waals surface area contributed by atoms with Crippen LogP contribution in [0.3, 0.4) is 0 Å². The van der Waals surface area contributed by atoms with Crippen LogP contribution in [0.4, 0.5) is 5.82 Å². The van der Waals surface area contributed by atoms with E-state index in [0.717, 1.165) is 19.3 Å². The van der Waals surface area contributed by atoms with E-state index < -0.39 is 5.97 Å². The van der Waals surface area contributed by atoms with Gasteiger partial charge in [-0.25, -0.2) is 4.79 Å². The molecule has 0 bridgehead atoms. The second-order valence-electron chi connectivity index (χ2n) is 4.76. The highest BCUT2D eigenvalue weighted by atomic mass is 16.5. The topological polar surface area (TPSA) is 69.7 Å². The Bertz CT molecular complexity index is 478. The van der Waals surface area contributed by atoms with Crippen molar-refractivity contribution in [2.45, 2.75) is 31.4 Å². The summed E-state index contributed by atoms with van der Waals surface area (Å²) in [5.74, 6) is 0.501. The smallest absolute Gasteiger partial charge is 0.343 e. The highest BCUT2D eigenvalue weighted by molar-refractivity contribution is 5.92. The molecule has 1 aromatic heterocycles. The van der Waals surface area contributed by atoms with E-state index in [4.69, 9.17) is 9.47 Å². The van der Waals surface area contributed by atoms with Gasteiger partial charge in [-0.1, -0.05) is 0 Å². The third kappa shape index (κ3) is 3.19. The van der Waals surface area contributed by atoms with Crippen molar-refractivity contribution in [3.63, 3.8) is 0 Å². The van der Waals surface area contributed by atoms with Gasteiger partial charge in [-0.3, -0.25) is 0 Å². The van der Waals surface area contributed by atoms with Crippen LogP contribution in [0.25, 0.3) is 0 Å².